The third-order valence-electron chi connectivity index (χ3n) is 7.56. The molecule has 18 nitrogen and oxygen atoms in total. The minimum Gasteiger partial charge on any atom is -0.494 e. The molecule has 0 spiro atoms. The molecule has 0 saturated heterocycles. The van der Waals surface area contributed by atoms with Crippen LogP contribution < -0.4 is 20.1 Å². The lowest BCUT2D eigenvalue weighted by Gasteiger charge is -2.12. The molecule has 0 aliphatic rings. The molecule has 2 atom stereocenters. The number of carbonyl (C=O) groups is 4. The molecule has 2 unspecified atom stereocenters. The first-order valence-electron chi connectivity index (χ1n) is 15.8. The number of carbonyl (C=O) groups excluding carboxylic acids is 4. The lowest BCUT2D eigenvalue weighted by atomic mass is 10.0. The van der Waals surface area contributed by atoms with Gasteiger partial charge in [0.15, 0.2) is 11.6 Å². The third kappa shape index (κ3) is 11.4. The van der Waals surface area contributed by atoms with Crippen LogP contribution in [0.2, 0.25) is 0 Å². The highest BCUT2D eigenvalue weighted by molar-refractivity contribution is 7.86. The number of benzene rings is 4. The zero-order chi connectivity index (χ0) is 40.5. The average Bonchev–Trinajstić information content (AvgIpc) is 3.12. The summed E-state index contributed by atoms with van der Waals surface area (Å²) in [6, 6.07) is 16.2. The normalized spacial score (nSPS) is 12.9. The molecule has 55 heavy (non-hydrogen) atoms. The number of amides is 2. The predicted octanol–water partition coefficient (Wildman–Crippen LogP) is 5.15. The SMILES string of the molecule is COc1cc(Cc2ccc(N=NC(C(C)=O)C(=O)Nc3ccc(S(=O)(=O)O)cc3)c(OC)c2)ccc1N=NC(C(C)=O)C(=O)Nc1ccc(S(=O)(=O)O)cc1. The largest absolute Gasteiger partial charge is 0.494 e. The standard InChI is InChI=1S/C35H34N6O12S2/c1-20(42)32(34(44)36-24-7-11-26(12-8-24)54(46,47)48)40-38-28-15-5-22(18-30(28)52-3)17-23-6-16-29(31(19-23)53-4)39-41-33(21(2)43)35(45)37-25-9-13-27(14-10-25)55(49,50)51/h5-16,18-19,32-33H,17H2,1-4H3,(H,36,44)(H,37,45)(H,46,47,48)(H,49,50,51). The maximum absolute atomic E-state index is 12.8. The number of nitrogens with one attached hydrogen (secondary N) is 2. The van der Waals surface area contributed by atoms with E-state index in [1.807, 2.05) is 0 Å². The Balaban J connectivity index is 1.45. The molecule has 0 radical (unpaired) electrons. The Labute approximate surface area is 315 Å². The van der Waals surface area contributed by atoms with E-state index in [4.69, 9.17) is 18.6 Å². The zero-order valence-corrected chi connectivity index (χ0v) is 31.2. The van der Waals surface area contributed by atoms with E-state index in [9.17, 15) is 36.0 Å². The lowest BCUT2D eigenvalue weighted by Crippen LogP contribution is -2.31. The van der Waals surface area contributed by atoms with Gasteiger partial charge < -0.3 is 20.1 Å². The van der Waals surface area contributed by atoms with E-state index >= 15 is 0 Å². The van der Waals surface area contributed by atoms with E-state index in [0.717, 1.165) is 49.2 Å². The molecule has 0 aliphatic carbocycles. The second kappa shape index (κ2) is 17.7. The van der Waals surface area contributed by atoms with Crippen molar-refractivity contribution in [3.05, 3.63) is 96.1 Å². The first kappa shape index (κ1) is 41.5. The van der Waals surface area contributed by atoms with Gasteiger partial charge in [0.25, 0.3) is 32.1 Å². The third-order valence-corrected chi connectivity index (χ3v) is 9.30. The van der Waals surface area contributed by atoms with Crippen molar-refractivity contribution in [3.63, 3.8) is 0 Å². The minimum atomic E-state index is -4.43. The average molecular weight is 795 g/mol. The van der Waals surface area contributed by atoms with Gasteiger partial charge in [0.2, 0.25) is 12.1 Å². The topological polar surface area (TPSA) is 269 Å². The molecule has 0 aromatic heterocycles. The lowest BCUT2D eigenvalue weighted by molar-refractivity contribution is -0.127. The van der Waals surface area contributed by atoms with Crippen LogP contribution in [0.25, 0.3) is 0 Å². The molecule has 0 heterocycles. The van der Waals surface area contributed by atoms with Crippen LogP contribution in [0.1, 0.15) is 25.0 Å². The van der Waals surface area contributed by atoms with E-state index in [1.54, 1.807) is 36.4 Å². The number of anilines is 2. The molecular weight excluding hydrogens is 761 g/mol. The summed E-state index contributed by atoms with van der Waals surface area (Å²) in [4.78, 5) is 49.4. The fourth-order valence-electron chi connectivity index (χ4n) is 4.78. The summed E-state index contributed by atoms with van der Waals surface area (Å²) in [5.41, 5.74) is 2.27. The number of nitrogens with zero attached hydrogens (tertiary/aromatic N) is 4. The van der Waals surface area contributed by atoms with Gasteiger partial charge in [0.05, 0.1) is 24.0 Å². The number of Topliss-reactive ketones (excluding diaryl/α,β-unsaturated/α-hetero) is 2. The molecule has 0 aliphatic heterocycles. The van der Waals surface area contributed by atoms with Gasteiger partial charge in [-0.25, -0.2) is 0 Å². The molecule has 0 bridgehead atoms. The van der Waals surface area contributed by atoms with Crippen molar-refractivity contribution >= 4 is 66.4 Å². The number of ether oxygens (including phenoxy) is 2. The summed E-state index contributed by atoms with van der Waals surface area (Å²) in [5, 5.41) is 20.9. The highest BCUT2D eigenvalue weighted by Crippen LogP contribution is 2.33. The summed E-state index contributed by atoms with van der Waals surface area (Å²) in [5.74, 6) is -2.32. The Kier molecular flexibility index (Phi) is 13.4. The van der Waals surface area contributed by atoms with Crippen molar-refractivity contribution in [2.24, 2.45) is 20.5 Å². The van der Waals surface area contributed by atoms with Crippen molar-refractivity contribution in [2.45, 2.75) is 42.1 Å². The first-order chi connectivity index (χ1) is 25.9. The quantitative estimate of drug-likeness (QED) is 0.0652. The summed E-state index contributed by atoms with van der Waals surface area (Å²) < 4.78 is 74.3. The van der Waals surface area contributed by atoms with Gasteiger partial charge in [-0.15, -0.1) is 0 Å². The molecule has 288 valence electrons. The summed E-state index contributed by atoms with van der Waals surface area (Å²) in [6.45, 7) is 2.31. The number of rotatable bonds is 16. The fraction of sp³-hybridized carbons (Fsp3) is 0.200. The van der Waals surface area contributed by atoms with Gasteiger partial charge in [-0.2, -0.15) is 37.3 Å². The Hall–Kier alpha value is -6.22. The van der Waals surface area contributed by atoms with Crippen LogP contribution in [0.5, 0.6) is 11.5 Å². The van der Waals surface area contributed by atoms with E-state index in [2.05, 4.69) is 31.1 Å². The van der Waals surface area contributed by atoms with Crippen molar-refractivity contribution in [1.29, 1.82) is 0 Å². The molecular formula is C35H34N6O12S2. The molecule has 4 aromatic rings. The predicted molar refractivity (Wildman–Crippen MR) is 197 cm³/mol. The summed E-state index contributed by atoms with van der Waals surface area (Å²) in [6.07, 6.45) is 0.366. The highest BCUT2D eigenvalue weighted by atomic mass is 32.2. The number of hydrogen-bond acceptors (Lipinski definition) is 14. The molecule has 4 N–H and O–H groups in total. The van der Waals surface area contributed by atoms with Crippen LogP contribution in [0.4, 0.5) is 22.7 Å². The van der Waals surface area contributed by atoms with E-state index in [-0.39, 0.29) is 44.0 Å². The van der Waals surface area contributed by atoms with Crippen LogP contribution >= 0.6 is 0 Å². The molecule has 2 amide bonds. The maximum atomic E-state index is 12.8. The molecule has 20 heteroatoms. The van der Waals surface area contributed by atoms with Crippen molar-refractivity contribution in [1.82, 2.24) is 0 Å². The number of hydrogen-bond donors (Lipinski definition) is 4. The van der Waals surface area contributed by atoms with Gasteiger partial charge in [-0.05, 0) is 104 Å². The molecule has 4 rings (SSSR count). The first-order valence-corrected chi connectivity index (χ1v) is 18.7. The van der Waals surface area contributed by atoms with E-state index in [0.29, 0.717) is 6.42 Å². The number of ketones is 2. The Bertz CT molecular complexity index is 2220. The molecule has 0 saturated carbocycles. The Morgan fingerprint density at radius 2 is 0.945 bits per heavy atom. The fourth-order valence-corrected chi connectivity index (χ4v) is 5.74. The smallest absolute Gasteiger partial charge is 0.294 e. The highest BCUT2D eigenvalue weighted by Gasteiger charge is 2.25. The van der Waals surface area contributed by atoms with Gasteiger partial charge >= 0.3 is 0 Å². The van der Waals surface area contributed by atoms with Crippen LogP contribution in [0.15, 0.2) is 115 Å². The van der Waals surface area contributed by atoms with Crippen LogP contribution in [-0.4, -0.2) is 75.6 Å². The number of methoxy groups -OCH3 is 2. The zero-order valence-electron chi connectivity index (χ0n) is 29.5. The van der Waals surface area contributed by atoms with E-state index < -0.39 is 55.7 Å². The van der Waals surface area contributed by atoms with E-state index in [1.165, 1.54) is 38.5 Å². The van der Waals surface area contributed by atoms with Gasteiger partial charge in [-0.1, -0.05) is 12.1 Å². The molecule has 0 fully saturated rings. The van der Waals surface area contributed by atoms with Gasteiger partial charge in [0, 0.05) is 11.4 Å². The van der Waals surface area contributed by atoms with Crippen molar-refractivity contribution < 1.29 is 54.6 Å². The van der Waals surface area contributed by atoms with Crippen LogP contribution in [0.3, 0.4) is 0 Å². The second-order valence-corrected chi connectivity index (χ2v) is 14.5. The van der Waals surface area contributed by atoms with Crippen LogP contribution in [0, 0.1) is 0 Å². The van der Waals surface area contributed by atoms with Gasteiger partial charge in [-0.3, -0.25) is 28.3 Å². The number of azo groups is 2. The second-order valence-electron chi connectivity index (χ2n) is 11.6. The molecule has 4 aromatic carbocycles. The van der Waals surface area contributed by atoms with Gasteiger partial charge in [0.1, 0.15) is 22.9 Å². The minimum absolute atomic E-state index is 0.156. The van der Waals surface area contributed by atoms with Crippen LogP contribution in [-0.2, 0) is 45.8 Å². The Morgan fingerprint density at radius 3 is 1.24 bits per heavy atom. The van der Waals surface area contributed by atoms with Crippen molar-refractivity contribution in [2.75, 3.05) is 24.9 Å². The summed E-state index contributed by atoms with van der Waals surface area (Å²) in [7, 11) is -6.06. The Morgan fingerprint density at radius 1 is 0.600 bits per heavy atom. The summed E-state index contributed by atoms with van der Waals surface area (Å²) >= 11 is 0. The maximum Gasteiger partial charge on any atom is 0.294 e. The monoisotopic (exact) mass is 794 g/mol. The van der Waals surface area contributed by atoms with Crippen molar-refractivity contribution in [3.8, 4) is 11.5 Å².